The molecule has 3 heteroatoms. The fourth-order valence-electron chi connectivity index (χ4n) is 3.25. The van der Waals surface area contributed by atoms with E-state index in [4.69, 9.17) is 0 Å². The first-order valence-electron chi connectivity index (χ1n) is 7.37. The van der Waals surface area contributed by atoms with Crippen LogP contribution in [0.5, 0.6) is 0 Å². The fourth-order valence-corrected chi connectivity index (χ4v) is 3.65. The summed E-state index contributed by atoms with van der Waals surface area (Å²) in [6.07, 6.45) is 4.00. The maximum atomic E-state index is 4.48. The first-order chi connectivity index (χ1) is 8.97. The lowest BCUT2D eigenvalue weighted by molar-refractivity contribution is 0.212. The first-order valence-corrected chi connectivity index (χ1v) is 8.16. The molecule has 1 aromatic heterocycles. The van der Waals surface area contributed by atoms with E-state index in [9.17, 15) is 0 Å². The summed E-state index contributed by atoms with van der Waals surface area (Å²) in [7, 11) is 0. The molecule has 1 aromatic rings. The lowest BCUT2D eigenvalue weighted by Crippen LogP contribution is -2.38. The molecule has 1 saturated carbocycles. The highest BCUT2D eigenvalue weighted by Crippen LogP contribution is 2.35. The summed E-state index contributed by atoms with van der Waals surface area (Å²) in [6, 6.07) is 4.75. The Hall–Kier alpha value is -0.570. The van der Waals surface area contributed by atoms with Crippen LogP contribution in [0.15, 0.2) is 16.7 Å². The Labute approximate surface area is 125 Å². The van der Waals surface area contributed by atoms with Gasteiger partial charge in [-0.1, -0.05) is 27.2 Å². The Morgan fingerprint density at radius 1 is 1.32 bits per heavy atom. The third kappa shape index (κ3) is 3.71. The van der Waals surface area contributed by atoms with Gasteiger partial charge in [-0.25, -0.2) is 4.98 Å². The SMILES string of the molecule is Cc1nc(Br)ccc1NC1CC(C)CCC1C(C)C. The number of halogens is 1. The molecule has 1 fully saturated rings. The van der Waals surface area contributed by atoms with Gasteiger partial charge in [0.1, 0.15) is 4.60 Å². The van der Waals surface area contributed by atoms with Crippen LogP contribution in [0.1, 0.15) is 45.7 Å². The van der Waals surface area contributed by atoms with E-state index in [2.05, 4.69) is 60.0 Å². The number of hydrogen-bond acceptors (Lipinski definition) is 2. The van der Waals surface area contributed by atoms with Gasteiger partial charge in [0, 0.05) is 6.04 Å². The molecule has 1 aliphatic carbocycles. The summed E-state index contributed by atoms with van der Waals surface area (Å²) < 4.78 is 0.910. The van der Waals surface area contributed by atoms with Gasteiger partial charge >= 0.3 is 0 Å². The minimum Gasteiger partial charge on any atom is -0.381 e. The highest BCUT2D eigenvalue weighted by molar-refractivity contribution is 9.10. The molecule has 2 rings (SSSR count). The van der Waals surface area contributed by atoms with Crippen LogP contribution in [0.4, 0.5) is 5.69 Å². The zero-order valence-corrected chi connectivity index (χ0v) is 14.0. The Kier molecular flexibility index (Phi) is 4.88. The van der Waals surface area contributed by atoms with Crippen LogP contribution in [-0.2, 0) is 0 Å². The number of nitrogens with one attached hydrogen (secondary N) is 1. The number of aryl methyl sites for hydroxylation is 1. The standard InChI is InChI=1S/C16H25BrN2/c1-10(2)13-6-5-11(3)9-15(13)19-14-7-8-16(17)18-12(14)4/h7-8,10-11,13,15,19H,5-6,9H2,1-4H3. The smallest absolute Gasteiger partial charge is 0.106 e. The van der Waals surface area contributed by atoms with Gasteiger partial charge in [-0.05, 0) is 65.6 Å². The van der Waals surface area contributed by atoms with E-state index < -0.39 is 0 Å². The third-order valence-corrected chi connectivity index (χ3v) is 4.86. The molecular weight excluding hydrogens is 300 g/mol. The van der Waals surface area contributed by atoms with Crippen LogP contribution in [0.25, 0.3) is 0 Å². The van der Waals surface area contributed by atoms with Crippen molar-refractivity contribution >= 4 is 21.6 Å². The summed E-state index contributed by atoms with van der Waals surface area (Å²) in [6.45, 7) is 9.14. The van der Waals surface area contributed by atoms with Crippen molar-refractivity contribution in [1.82, 2.24) is 4.98 Å². The van der Waals surface area contributed by atoms with E-state index in [1.165, 1.54) is 24.9 Å². The molecule has 0 radical (unpaired) electrons. The average molecular weight is 325 g/mol. The van der Waals surface area contributed by atoms with Gasteiger partial charge in [0.15, 0.2) is 0 Å². The normalized spacial score (nSPS) is 27.6. The van der Waals surface area contributed by atoms with E-state index in [0.717, 1.165) is 28.1 Å². The number of rotatable bonds is 3. The molecule has 3 unspecified atom stereocenters. The Morgan fingerprint density at radius 2 is 2.05 bits per heavy atom. The summed E-state index contributed by atoms with van der Waals surface area (Å²) in [4.78, 5) is 4.48. The van der Waals surface area contributed by atoms with Crippen molar-refractivity contribution in [3.05, 3.63) is 22.4 Å². The Balaban J connectivity index is 2.14. The lowest BCUT2D eigenvalue weighted by Gasteiger charge is -2.38. The monoisotopic (exact) mass is 324 g/mol. The van der Waals surface area contributed by atoms with Crippen LogP contribution in [0.2, 0.25) is 0 Å². The summed E-state index contributed by atoms with van der Waals surface area (Å²) in [5.41, 5.74) is 2.27. The molecular formula is C16H25BrN2. The topological polar surface area (TPSA) is 24.9 Å². The minimum absolute atomic E-state index is 0.588. The molecule has 0 spiro atoms. The second kappa shape index (κ2) is 6.25. The average Bonchev–Trinajstić information content (AvgIpc) is 2.32. The number of anilines is 1. The van der Waals surface area contributed by atoms with Crippen molar-refractivity contribution < 1.29 is 0 Å². The quantitative estimate of drug-likeness (QED) is 0.789. The lowest BCUT2D eigenvalue weighted by atomic mass is 9.74. The zero-order valence-electron chi connectivity index (χ0n) is 12.4. The van der Waals surface area contributed by atoms with E-state index in [1.54, 1.807) is 0 Å². The van der Waals surface area contributed by atoms with Crippen molar-refractivity contribution in [2.24, 2.45) is 17.8 Å². The van der Waals surface area contributed by atoms with E-state index in [-0.39, 0.29) is 0 Å². The Bertz CT molecular complexity index is 431. The minimum atomic E-state index is 0.588. The number of nitrogens with zero attached hydrogens (tertiary/aromatic N) is 1. The molecule has 0 aromatic carbocycles. The predicted octanol–water partition coefficient (Wildman–Crippen LogP) is 5.03. The maximum absolute atomic E-state index is 4.48. The summed E-state index contributed by atoms with van der Waals surface area (Å²) >= 11 is 3.43. The van der Waals surface area contributed by atoms with Gasteiger partial charge in [-0.15, -0.1) is 0 Å². The number of aromatic nitrogens is 1. The van der Waals surface area contributed by atoms with Gasteiger partial charge in [0.25, 0.3) is 0 Å². The molecule has 1 N–H and O–H groups in total. The molecule has 106 valence electrons. The van der Waals surface area contributed by atoms with E-state index in [1.807, 2.05) is 6.07 Å². The van der Waals surface area contributed by atoms with Gasteiger partial charge < -0.3 is 5.32 Å². The van der Waals surface area contributed by atoms with Crippen LogP contribution in [-0.4, -0.2) is 11.0 Å². The van der Waals surface area contributed by atoms with Crippen molar-refractivity contribution in [2.45, 2.75) is 53.0 Å². The van der Waals surface area contributed by atoms with Crippen molar-refractivity contribution in [1.29, 1.82) is 0 Å². The molecule has 0 aliphatic heterocycles. The van der Waals surface area contributed by atoms with Crippen LogP contribution in [0.3, 0.4) is 0 Å². The second-order valence-corrected chi connectivity index (χ2v) is 7.16. The summed E-state index contributed by atoms with van der Waals surface area (Å²) in [5, 5.41) is 3.75. The highest BCUT2D eigenvalue weighted by atomic mass is 79.9. The molecule has 0 saturated heterocycles. The van der Waals surface area contributed by atoms with Crippen molar-refractivity contribution in [3.8, 4) is 0 Å². The van der Waals surface area contributed by atoms with E-state index >= 15 is 0 Å². The molecule has 0 amide bonds. The second-order valence-electron chi connectivity index (χ2n) is 6.34. The first kappa shape index (κ1) is 14.8. The van der Waals surface area contributed by atoms with E-state index in [0.29, 0.717) is 6.04 Å². The number of pyridine rings is 1. The van der Waals surface area contributed by atoms with Crippen LogP contribution in [0, 0.1) is 24.7 Å². The van der Waals surface area contributed by atoms with Crippen molar-refractivity contribution in [2.75, 3.05) is 5.32 Å². The number of hydrogen-bond donors (Lipinski definition) is 1. The van der Waals surface area contributed by atoms with Crippen LogP contribution < -0.4 is 5.32 Å². The predicted molar refractivity (Wildman–Crippen MR) is 85.4 cm³/mol. The zero-order chi connectivity index (χ0) is 14.0. The molecule has 1 aliphatic rings. The molecule has 0 bridgehead atoms. The Morgan fingerprint density at radius 3 is 2.68 bits per heavy atom. The molecule has 2 nitrogen and oxygen atoms in total. The maximum Gasteiger partial charge on any atom is 0.106 e. The fraction of sp³-hybridized carbons (Fsp3) is 0.688. The van der Waals surface area contributed by atoms with Crippen molar-refractivity contribution in [3.63, 3.8) is 0 Å². The summed E-state index contributed by atoms with van der Waals surface area (Å²) in [5.74, 6) is 2.35. The van der Waals surface area contributed by atoms with Crippen LogP contribution >= 0.6 is 15.9 Å². The third-order valence-electron chi connectivity index (χ3n) is 4.41. The molecule has 1 heterocycles. The largest absolute Gasteiger partial charge is 0.381 e. The highest BCUT2D eigenvalue weighted by Gasteiger charge is 2.30. The van der Waals surface area contributed by atoms with Gasteiger partial charge in [-0.3, -0.25) is 0 Å². The van der Waals surface area contributed by atoms with Gasteiger partial charge in [0.2, 0.25) is 0 Å². The van der Waals surface area contributed by atoms with Gasteiger partial charge in [0.05, 0.1) is 11.4 Å². The van der Waals surface area contributed by atoms with Gasteiger partial charge in [-0.2, -0.15) is 0 Å². The molecule has 3 atom stereocenters. The molecule has 19 heavy (non-hydrogen) atoms.